The molecular weight excluding hydrogens is 572 g/mol. The number of fused-ring (bicyclic) bond motifs is 6. The number of rotatable bonds is 6. The van der Waals surface area contributed by atoms with Gasteiger partial charge in [-0.15, -0.1) is 0 Å². The summed E-state index contributed by atoms with van der Waals surface area (Å²) >= 11 is 0. The fourth-order valence-electron chi connectivity index (χ4n) is 7.64. The summed E-state index contributed by atoms with van der Waals surface area (Å²) in [5.74, 6) is -3.07. The summed E-state index contributed by atoms with van der Waals surface area (Å²) in [5.41, 5.74) is 8.08. The highest BCUT2D eigenvalue weighted by atomic mass is 16.6. The number of esters is 1. The molecule has 2 aromatic rings. The zero-order chi connectivity index (χ0) is 32.1. The summed E-state index contributed by atoms with van der Waals surface area (Å²) in [4.78, 5) is 42.0. The minimum atomic E-state index is -1.18. The van der Waals surface area contributed by atoms with Crippen LogP contribution in [0.1, 0.15) is 73.4 Å². The van der Waals surface area contributed by atoms with Crippen LogP contribution in [0.25, 0.3) is 17.4 Å². The van der Waals surface area contributed by atoms with Crippen molar-refractivity contribution in [2.75, 3.05) is 7.11 Å². The van der Waals surface area contributed by atoms with E-state index in [1.54, 1.807) is 6.08 Å². The van der Waals surface area contributed by atoms with Crippen molar-refractivity contribution in [3.63, 3.8) is 0 Å². The third-order valence-corrected chi connectivity index (χ3v) is 10.1. The van der Waals surface area contributed by atoms with Crippen molar-refractivity contribution in [1.82, 2.24) is 9.97 Å². The lowest BCUT2D eigenvalue weighted by Gasteiger charge is -2.21. The molecule has 5 aliphatic rings. The molecule has 7 rings (SSSR count). The Morgan fingerprint density at radius 2 is 1.96 bits per heavy atom. The number of methoxy groups -OCH3 is 1. The highest BCUT2D eigenvalue weighted by Crippen LogP contribution is 2.59. The van der Waals surface area contributed by atoms with Gasteiger partial charge in [-0.25, -0.2) is 9.79 Å². The number of epoxide rings is 1. The number of ether oxygens (including phenoxy) is 2. The van der Waals surface area contributed by atoms with Crippen LogP contribution in [0, 0.1) is 25.7 Å². The van der Waals surface area contributed by atoms with Crippen molar-refractivity contribution in [3.05, 3.63) is 85.5 Å². The van der Waals surface area contributed by atoms with E-state index in [1.165, 1.54) is 7.11 Å². The second kappa shape index (κ2) is 9.90. The summed E-state index contributed by atoms with van der Waals surface area (Å²) in [6.07, 6.45) is 6.12. The standard InChI is InChI=1S/C35H36N4O6/c1-8-18-15(4)29-33-35(45-33)20(9-2)16(5)23(39-35)12-21-14(3)19(10-11-25(40)41)30(36-21)27-28(34(43)44-7)32(42)26-17(6)22(37-31(26)27)13-24(18)38-29/h9,12-14,19,33,37-38,42H,2,8,10-11H2,1,3-7H3,(H,40,41)/p-2/b21-12-,22-13-/t14-,19-,33?,35?/m0/s1. The van der Waals surface area contributed by atoms with Crippen LogP contribution in [0.15, 0.2) is 51.1 Å². The van der Waals surface area contributed by atoms with Crippen LogP contribution in [0.2, 0.25) is 0 Å². The van der Waals surface area contributed by atoms with E-state index in [0.717, 1.165) is 40.1 Å². The molecule has 0 amide bonds. The summed E-state index contributed by atoms with van der Waals surface area (Å²) in [6, 6.07) is 0. The number of aliphatic carboxylic acids is 1. The van der Waals surface area contributed by atoms with Crippen molar-refractivity contribution in [2.45, 2.75) is 65.7 Å². The molecule has 2 N–H and O–H groups in total. The van der Waals surface area contributed by atoms with E-state index in [2.05, 4.69) is 30.4 Å². The number of H-pyrrole nitrogens is 2. The van der Waals surface area contributed by atoms with Gasteiger partial charge in [-0.05, 0) is 80.0 Å². The second-order valence-corrected chi connectivity index (χ2v) is 12.3. The predicted octanol–water partition coefficient (Wildman–Crippen LogP) is 1.62. The number of aliphatic imine (C=N–C) groups is 2. The van der Waals surface area contributed by atoms with Crippen molar-refractivity contribution in [1.29, 1.82) is 0 Å². The van der Waals surface area contributed by atoms with Crippen LogP contribution in [-0.2, 0) is 25.5 Å². The maximum absolute atomic E-state index is 14.0. The molecule has 8 bridgehead atoms. The van der Waals surface area contributed by atoms with Gasteiger partial charge in [0, 0.05) is 45.7 Å². The number of aromatic nitrogens is 2. The molecule has 1 fully saturated rings. The quantitative estimate of drug-likeness (QED) is 0.376. The summed E-state index contributed by atoms with van der Waals surface area (Å²) in [6.45, 7) is 14.0. The minimum Gasteiger partial charge on any atom is -0.871 e. The van der Waals surface area contributed by atoms with Crippen molar-refractivity contribution in [3.8, 4) is 0 Å². The van der Waals surface area contributed by atoms with Gasteiger partial charge >= 0.3 is 5.97 Å². The Kier molecular flexibility index (Phi) is 6.39. The smallest absolute Gasteiger partial charge is 0.338 e. The second-order valence-electron chi connectivity index (χ2n) is 12.3. The summed E-state index contributed by atoms with van der Waals surface area (Å²) < 4.78 is 11.5. The number of nitrogens with zero attached hydrogens (tertiary/aromatic N) is 2. The zero-order valence-electron chi connectivity index (χ0n) is 26.1. The Bertz CT molecular complexity index is 2050. The Hall–Kier alpha value is -4.70. The Labute approximate surface area is 260 Å². The molecule has 0 radical (unpaired) electrons. The molecule has 2 aromatic heterocycles. The number of carboxylic acid groups (broad SMARTS) is 1. The normalized spacial score (nSPS) is 27.9. The first-order chi connectivity index (χ1) is 21.5. The number of hydrogen-bond donors (Lipinski definition) is 2. The van der Waals surface area contributed by atoms with Crippen molar-refractivity contribution in [2.24, 2.45) is 21.8 Å². The highest BCUT2D eigenvalue weighted by molar-refractivity contribution is 6.35. The van der Waals surface area contributed by atoms with Crippen LogP contribution < -0.4 is 20.9 Å². The third-order valence-electron chi connectivity index (χ3n) is 10.1. The fourth-order valence-corrected chi connectivity index (χ4v) is 7.64. The van der Waals surface area contributed by atoms with E-state index < -0.39 is 29.3 Å². The molecule has 1 saturated heterocycles. The average Bonchev–Trinajstić information content (AvgIpc) is 3.24. The minimum absolute atomic E-state index is 0.108. The average molecular weight is 607 g/mol. The molecule has 10 nitrogen and oxygen atoms in total. The SMILES string of the molecule is C=CC1=C(C)C2=NC13OC3c1[nH]c(c(CC)c1C)/C=c1\[nH]c3c(c1C)C([O-])=C(C(=O)OC)C=3C1=N/C(=C\2)[C@@H](C)[C@@H]1CCC(=O)[O-]. The zero-order valence-corrected chi connectivity index (χ0v) is 26.1. The molecule has 6 heterocycles. The largest absolute Gasteiger partial charge is 0.871 e. The molecular formula is C35H34N4O6-2. The van der Waals surface area contributed by atoms with Gasteiger partial charge in [0.1, 0.15) is 0 Å². The lowest BCUT2D eigenvalue weighted by Crippen LogP contribution is -2.28. The molecule has 0 saturated carbocycles. The van der Waals surface area contributed by atoms with E-state index in [9.17, 15) is 19.8 Å². The van der Waals surface area contributed by atoms with Crippen LogP contribution in [-0.4, -0.2) is 46.2 Å². The summed E-state index contributed by atoms with van der Waals surface area (Å²) in [5, 5.41) is 26.8. The number of nitrogens with one attached hydrogen (secondary N) is 2. The third kappa shape index (κ3) is 3.91. The van der Waals surface area contributed by atoms with E-state index >= 15 is 0 Å². The Morgan fingerprint density at radius 3 is 2.62 bits per heavy atom. The summed E-state index contributed by atoms with van der Waals surface area (Å²) in [7, 11) is 1.24. The maximum Gasteiger partial charge on any atom is 0.338 e. The Morgan fingerprint density at radius 1 is 1.20 bits per heavy atom. The number of carbonyl (C=O) groups excluding carboxylic acids is 2. The number of allylic oxidation sites excluding steroid dienone is 3. The van der Waals surface area contributed by atoms with Crippen LogP contribution in [0.3, 0.4) is 0 Å². The van der Waals surface area contributed by atoms with Crippen molar-refractivity contribution < 1.29 is 29.3 Å². The van der Waals surface area contributed by atoms with Crippen LogP contribution in [0.5, 0.6) is 0 Å². The maximum atomic E-state index is 14.0. The monoisotopic (exact) mass is 606 g/mol. The highest BCUT2D eigenvalue weighted by Gasteiger charge is 2.63. The van der Waals surface area contributed by atoms with E-state index in [0.29, 0.717) is 44.5 Å². The molecule has 1 aliphatic carbocycles. The number of carboxylic acids is 1. The first-order valence-electron chi connectivity index (χ1n) is 15.3. The Balaban J connectivity index is 1.58. The van der Waals surface area contributed by atoms with Gasteiger partial charge in [-0.1, -0.05) is 32.3 Å². The molecule has 2 unspecified atom stereocenters. The lowest BCUT2D eigenvalue weighted by molar-refractivity contribution is -0.305. The molecule has 45 heavy (non-hydrogen) atoms. The fraction of sp³-hybridized carbons (Fsp3) is 0.371. The van der Waals surface area contributed by atoms with Gasteiger partial charge in [0.05, 0.1) is 35.1 Å². The number of aromatic amines is 2. The van der Waals surface area contributed by atoms with Gasteiger partial charge in [-0.3, -0.25) is 4.99 Å². The van der Waals surface area contributed by atoms with Crippen LogP contribution >= 0.6 is 0 Å². The molecule has 4 aliphatic heterocycles. The van der Waals surface area contributed by atoms with Gasteiger partial charge in [0.25, 0.3) is 0 Å². The first-order valence-corrected chi connectivity index (χ1v) is 15.3. The number of carbonyl (C=O) groups is 2. The van der Waals surface area contributed by atoms with E-state index in [4.69, 9.17) is 19.5 Å². The van der Waals surface area contributed by atoms with Gasteiger partial charge in [0.15, 0.2) is 6.10 Å². The molecule has 232 valence electrons. The van der Waals surface area contributed by atoms with Crippen LogP contribution in [0.4, 0.5) is 0 Å². The lowest BCUT2D eigenvalue weighted by atomic mass is 9.82. The first kappa shape index (κ1) is 29.0. The molecule has 4 atom stereocenters. The molecule has 1 spiro atoms. The predicted molar refractivity (Wildman–Crippen MR) is 165 cm³/mol. The topological polar surface area (TPSA) is 158 Å². The van der Waals surface area contributed by atoms with Gasteiger partial charge in [-0.2, -0.15) is 0 Å². The van der Waals surface area contributed by atoms with Crippen molar-refractivity contribution >= 4 is 40.8 Å². The van der Waals surface area contributed by atoms with Gasteiger partial charge in [0.2, 0.25) is 5.72 Å². The van der Waals surface area contributed by atoms with E-state index in [1.807, 2.05) is 32.9 Å². The molecule has 0 aromatic carbocycles. The van der Waals surface area contributed by atoms with E-state index in [-0.39, 0.29) is 30.4 Å². The molecule has 10 heteroatoms. The van der Waals surface area contributed by atoms with Gasteiger partial charge < -0.3 is 34.4 Å². The number of hydrogen-bond acceptors (Lipinski definition) is 8.